The summed E-state index contributed by atoms with van der Waals surface area (Å²) in [5.41, 5.74) is 1.19. The lowest BCUT2D eigenvalue weighted by atomic mass is 10.1. The van der Waals surface area contributed by atoms with Crippen LogP contribution in [0.25, 0.3) is 0 Å². The van der Waals surface area contributed by atoms with E-state index in [9.17, 15) is 9.59 Å². The summed E-state index contributed by atoms with van der Waals surface area (Å²) in [5, 5.41) is 11.7. The van der Waals surface area contributed by atoms with Crippen molar-refractivity contribution in [3.05, 3.63) is 21.4 Å². The van der Waals surface area contributed by atoms with Gasteiger partial charge in [0.25, 0.3) is 0 Å². The molecular formula is C13H18N2O3S. The number of rotatable bonds is 4. The zero-order chi connectivity index (χ0) is 14.0. The highest BCUT2D eigenvalue weighted by Gasteiger charge is 2.31. The molecule has 2 heterocycles. The fraction of sp³-hybridized carbons (Fsp3) is 0.538. The zero-order valence-corrected chi connectivity index (χ0v) is 11.9. The molecule has 1 saturated heterocycles. The Morgan fingerprint density at radius 1 is 1.58 bits per heavy atom. The first kappa shape index (κ1) is 14.0. The van der Waals surface area contributed by atoms with Crippen molar-refractivity contribution < 1.29 is 14.7 Å². The van der Waals surface area contributed by atoms with Crippen LogP contribution >= 0.6 is 11.3 Å². The van der Waals surface area contributed by atoms with Gasteiger partial charge in [-0.05, 0) is 25.5 Å². The Hall–Kier alpha value is -1.40. The van der Waals surface area contributed by atoms with E-state index in [1.165, 1.54) is 15.3 Å². The predicted octanol–water partition coefficient (Wildman–Crippen LogP) is 1.14. The number of nitrogens with zero attached hydrogens (tertiary/aromatic N) is 1. The van der Waals surface area contributed by atoms with Gasteiger partial charge in [-0.15, -0.1) is 11.3 Å². The van der Waals surface area contributed by atoms with Crippen LogP contribution in [0.5, 0.6) is 0 Å². The first-order valence-corrected chi connectivity index (χ1v) is 7.08. The molecule has 1 aromatic rings. The van der Waals surface area contributed by atoms with Gasteiger partial charge in [-0.2, -0.15) is 0 Å². The van der Waals surface area contributed by atoms with Crippen molar-refractivity contribution in [3.8, 4) is 0 Å². The van der Waals surface area contributed by atoms with E-state index in [0.29, 0.717) is 19.6 Å². The number of amides is 1. The second-order valence-electron chi connectivity index (χ2n) is 4.81. The Balaban J connectivity index is 2.13. The Bertz CT molecular complexity index is 498. The van der Waals surface area contributed by atoms with Crippen molar-refractivity contribution >= 4 is 23.2 Å². The van der Waals surface area contributed by atoms with Gasteiger partial charge in [-0.3, -0.25) is 14.5 Å². The second kappa shape index (κ2) is 5.71. The van der Waals surface area contributed by atoms with Crippen molar-refractivity contribution in [1.82, 2.24) is 10.2 Å². The number of thiophene rings is 1. The largest absolute Gasteiger partial charge is 0.481 e. The number of nitrogens with one attached hydrogen (secondary N) is 1. The first-order valence-electron chi connectivity index (χ1n) is 6.27. The normalized spacial score (nSPS) is 20.3. The summed E-state index contributed by atoms with van der Waals surface area (Å²) in [5.74, 6) is -1.12. The summed E-state index contributed by atoms with van der Waals surface area (Å²) >= 11 is 1.73. The standard InChI is InChI=1S/C13H18N2O3S/c1-8-5-10(9(2)19-8)7-15-4-3-14-13(18)11(15)6-12(16)17/h5,11H,3-4,6-7H2,1-2H3,(H,14,18)(H,16,17). The highest BCUT2D eigenvalue weighted by Crippen LogP contribution is 2.23. The second-order valence-corrected chi connectivity index (χ2v) is 6.27. The molecule has 1 atom stereocenters. The van der Waals surface area contributed by atoms with E-state index in [1.54, 1.807) is 11.3 Å². The summed E-state index contributed by atoms with van der Waals surface area (Å²) < 4.78 is 0. The molecule has 1 unspecified atom stereocenters. The van der Waals surface area contributed by atoms with Gasteiger partial charge in [0.2, 0.25) is 5.91 Å². The smallest absolute Gasteiger partial charge is 0.305 e. The number of hydrogen-bond donors (Lipinski definition) is 2. The number of piperazine rings is 1. The minimum Gasteiger partial charge on any atom is -0.481 e. The first-order chi connectivity index (χ1) is 8.97. The van der Waals surface area contributed by atoms with E-state index in [-0.39, 0.29) is 12.3 Å². The molecule has 6 heteroatoms. The summed E-state index contributed by atoms with van der Waals surface area (Å²) in [7, 11) is 0. The minimum atomic E-state index is -0.940. The molecule has 5 nitrogen and oxygen atoms in total. The van der Waals surface area contributed by atoms with E-state index in [2.05, 4.69) is 25.2 Å². The molecule has 1 amide bonds. The molecule has 0 saturated carbocycles. The molecule has 19 heavy (non-hydrogen) atoms. The van der Waals surface area contributed by atoms with Crippen LogP contribution < -0.4 is 5.32 Å². The maximum absolute atomic E-state index is 11.8. The van der Waals surface area contributed by atoms with E-state index in [0.717, 1.165) is 0 Å². The highest BCUT2D eigenvalue weighted by molar-refractivity contribution is 7.12. The van der Waals surface area contributed by atoms with Crippen molar-refractivity contribution in [2.75, 3.05) is 13.1 Å². The lowest BCUT2D eigenvalue weighted by molar-refractivity contribution is -0.143. The third kappa shape index (κ3) is 3.33. The molecule has 1 aromatic heterocycles. The SMILES string of the molecule is Cc1cc(CN2CCNC(=O)C2CC(=O)O)c(C)s1. The molecule has 104 valence electrons. The molecule has 0 bridgehead atoms. The number of carboxylic acid groups (broad SMARTS) is 1. The van der Waals surface area contributed by atoms with Crippen molar-refractivity contribution in [2.24, 2.45) is 0 Å². The Kier molecular flexibility index (Phi) is 4.21. The molecule has 0 radical (unpaired) electrons. The summed E-state index contributed by atoms with van der Waals surface area (Å²) in [6, 6.07) is 1.55. The Morgan fingerprint density at radius 2 is 2.32 bits per heavy atom. The van der Waals surface area contributed by atoms with E-state index < -0.39 is 12.0 Å². The lowest BCUT2D eigenvalue weighted by Gasteiger charge is -2.34. The monoisotopic (exact) mass is 282 g/mol. The maximum Gasteiger partial charge on any atom is 0.305 e. The van der Waals surface area contributed by atoms with Crippen LogP contribution in [-0.4, -0.2) is 41.0 Å². The average Bonchev–Trinajstić information content (AvgIpc) is 2.62. The van der Waals surface area contributed by atoms with Gasteiger partial charge < -0.3 is 10.4 Å². The third-order valence-electron chi connectivity index (χ3n) is 3.33. The topological polar surface area (TPSA) is 69.6 Å². The number of carbonyl (C=O) groups excluding carboxylic acids is 1. The van der Waals surface area contributed by atoms with Crippen molar-refractivity contribution in [2.45, 2.75) is 32.9 Å². The highest BCUT2D eigenvalue weighted by atomic mass is 32.1. The van der Waals surface area contributed by atoms with Gasteiger partial charge in [0.05, 0.1) is 6.42 Å². The van der Waals surface area contributed by atoms with Crippen LogP contribution in [0.2, 0.25) is 0 Å². The fourth-order valence-electron chi connectivity index (χ4n) is 2.40. The van der Waals surface area contributed by atoms with Crippen molar-refractivity contribution in [3.63, 3.8) is 0 Å². The van der Waals surface area contributed by atoms with Gasteiger partial charge in [-0.25, -0.2) is 0 Å². The van der Waals surface area contributed by atoms with Crippen LogP contribution in [0.4, 0.5) is 0 Å². The third-order valence-corrected chi connectivity index (χ3v) is 4.34. The van der Waals surface area contributed by atoms with E-state index in [4.69, 9.17) is 5.11 Å². The predicted molar refractivity (Wildman–Crippen MR) is 73.3 cm³/mol. The maximum atomic E-state index is 11.8. The molecule has 2 N–H and O–H groups in total. The van der Waals surface area contributed by atoms with Crippen LogP contribution in [0, 0.1) is 13.8 Å². The molecular weight excluding hydrogens is 264 g/mol. The molecule has 0 aromatic carbocycles. The molecule has 0 aliphatic carbocycles. The van der Waals surface area contributed by atoms with Gasteiger partial charge in [0.15, 0.2) is 0 Å². The molecule has 0 spiro atoms. The number of hydrogen-bond acceptors (Lipinski definition) is 4. The quantitative estimate of drug-likeness (QED) is 0.869. The summed E-state index contributed by atoms with van der Waals surface area (Å²) in [6.45, 7) is 6.03. The van der Waals surface area contributed by atoms with Gasteiger partial charge in [-0.1, -0.05) is 0 Å². The summed E-state index contributed by atoms with van der Waals surface area (Å²) in [4.78, 5) is 27.1. The summed E-state index contributed by atoms with van der Waals surface area (Å²) in [6.07, 6.45) is -0.145. The molecule has 1 aliphatic rings. The van der Waals surface area contributed by atoms with E-state index in [1.807, 2.05) is 4.90 Å². The lowest BCUT2D eigenvalue weighted by Crippen LogP contribution is -2.55. The average molecular weight is 282 g/mol. The Morgan fingerprint density at radius 3 is 2.89 bits per heavy atom. The van der Waals surface area contributed by atoms with Gasteiger partial charge in [0, 0.05) is 29.4 Å². The number of carbonyl (C=O) groups is 2. The van der Waals surface area contributed by atoms with E-state index >= 15 is 0 Å². The Labute approximate surface area is 116 Å². The number of aliphatic carboxylic acids is 1. The molecule has 1 fully saturated rings. The van der Waals surface area contributed by atoms with Gasteiger partial charge >= 0.3 is 5.97 Å². The van der Waals surface area contributed by atoms with Gasteiger partial charge in [0.1, 0.15) is 6.04 Å². The fourth-order valence-corrected chi connectivity index (χ4v) is 3.34. The van der Waals surface area contributed by atoms with Crippen LogP contribution in [0.15, 0.2) is 6.07 Å². The minimum absolute atomic E-state index is 0.145. The number of carboxylic acids is 1. The zero-order valence-electron chi connectivity index (χ0n) is 11.1. The van der Waals surface area contributed by atoms with Crippen LogP contribution in [0.3, 0.4) is 0 Å². The molecule has 2 rings (SSSR count). The van der Waals surface area contributed by atoms with Crippen LogP contribution in [-0.2, 0) is 16.1 Å². The molecule has 1 aliphatic heterocycles. The van der Waals surface area contributed by atoms with Crippen molar-refractivity contribution in [1.29, 1.82) is 0 Å². The number of aryl methyl sites for hydroxylation is 2. The van der Waals surface area contributed by atoms with Crippen LogP contribution in [0.1, 0.15) is 21.7 Å².